The SMILES string of the molecule is CCN(CC)C(=O)Nc1cccc(I)c1. The van der Waals surface area contributed by atoms with Crippen LogP contribution in [0, 0.1) is 3.57 Å². The topological polar surface area (TPSA) is 32.3 Å². The van der Waals surface area contributed by atoms with Gasteiger partial charge in [-0.05, 0) is 54.6 Å². The van der Waals surface area contributed by atoms with Gasteiger partial charge >= 0.3 is 6.03 Å². The molecule has 1 N–H and O–H groups in total. The van der Waals surface area contributed by atoms with Crippen LogP contribution in [-0.4, -0.2) is 24.0 Å². The number of nitrogens with one attached hydrogen (secondary N) is 1. The molecule has 0 heterocycles. The fraction of sp³-hybridized carbons (Fsp3) is 0.364. The highest BCUT2D eigenvalue weighted by molar-refractivity contribution is 14.1. The van der Waals surface area contributed by atoms with Gasteiger partial charge in [-0.3, -0.25) is 0 Å². The monoisotopic (exact) mass is 318 g/mol. The Labute approximate surface area is 104 Å². The summed E-state index contributed by atoms with van der Waals surface area (Å²) in [5.74, 6) is 0. The van der Waals surface area contributed by atoms with E-state index in [-0.39, 0.29) is 6.03 Å². The Balaban J connectivity index is 2.65. The van der Waals surface area contributed by atoms with Crippen LogP contribution in [0.25, 0.3) is 0 Å². The molecule has 15 heavy (non-hydrogen) atoms. The van der Waals surface area contributed by atoms with Crippen LogP contribution in [0.2, 0.25) is 0 Å². The van der Waals surface area contributed by atoms with E-state index in [2.05, 4.69) is 27.9 Å². The number of amides is 2. The number of rotatable bonds is 3. The first-order chi connectivity index (χ1) is 7.17. The average Bonchev–Trinajstić information content (AvgIpc) is 2.19. The smallest absolute Gasteiger partial charge is 0.321 e. The number of carbonyl (C=O) groups excluding carboxylic acids is 1. The number of halogens is 1. The first-order valence-electron chi connectivity index (χ1n) is 4.98. The molecule has 1 rings (SSSR count). The van der Waals surface area contributed by atoms with Gasteiger partial charge < -0.3 is 10.2 Å². The second-order valence-corrected chi connectivity index (χ2v) is 4.36. The molecule has 0 radical (unpaired) electrons. The third-order valence-electron chi connectivity index (χ3n) is 2.13. The van der Waals surface area contributed by atoms with Crippen LogP contribution < -0.4 is 5.32 Å². The van der Waals surface area contributed by atoms with Gasteiger partial charge in [0.25, 0.3) is 0 Å². The van der Waals surface area contributed by atoms with Gasteiger partial charge in [-0.25, -0.2) is 4.79 Å². The largest absolute Gasteiger partial charge is 0.325 e. The zero-order valence-electron chi connectivity index (χ0n) is 8.96. The molecule has 3 nitrogen and oxygen atoms in total. The van der Waals surface area contributed by atoms with Crippen molar-refractivity contribution in [2.75, 3.05) is 18.4 Å². The highest BCUT2D eigenvalue weighted by Gasteiger charge is 2.08. The first kappa shape index (κ1) is 12.3. The lowest BCUT2D eigenvalue weighted by molar-refractivity contribution is 0.217. The summed E-state index contributed by atoms with van der Waals surface area (Å²) in [6.45, 7) is 5.40. The lowest BCUT2D eigenvalue weighted by Crippen LogP contribution is -2.34. The zero-order valence-corrected chi connectivity index (χ0v) is 11.1. The third-order valence-corrected chi connectivity index (χ3v) is 2.80. The molecule has 0 atom stereocenters. The first-order valence-corrected chi connectivity index (χ1v) is 6.06. The molecule has 1 aromatic rings. The molecule has 0 saturated carbocycles. The maximum atomic E-state index is 11.7. The Morgan fingerprint density at radius 3 is 2.60 bits per heavy atom. The maximum Gasteiger partial charge on any atom is 0.321 e. The van der Waals surface area contributed by atoms with E-state index in [1.165, 1.54) is 0 Å². The summed E-state index contributed by atoms with van der Waals surface area (Å²) >= 11 is 2.22. The maximum absolute atomic E-state index is 11.7. The van der Waals surface area contributed by atoms with Crippen LogP contribution in [0.15, 0.2) is 24.3 Å². The molecule has 0 bridgehead atoms. The van der Waals surface area contributed by atoms with Gasteiger partial charge in [-0.2, -0.15) is 0 Å². The van der Waals surface area contributed by atoms with E-state index in [9.17, 15) is 4.79 Å². The molecule has 2 amide bonds. The second kappa shape index (κ2) is 5.95. The molecule has 0 spiro atoms. The Bertz CT molecular complexity index is 337. The van der Waals surface area contributed by atoms with Gasteiger partial charge in [-0.15, -0.1) is 0 Å². The number of hydrogen-bond donors (Lipinski definition) is 1. The molecule has 0 unspecified atom stereocenters. The summed E-state index contributed by atoms with van der Waals surface area (Å²) in [7, 11) is 0. The Morgan fingerprint density at radius 2 is 2.07 bits per heavy atom. The molecule has 4 heteroatoms. The number of nitrogens with zero attached hydrogens (tertiary/aromatic N) is 1. The fourth-order valence-corrected chi connectivity index (χ4v) is 1.82. The summed E-state index contributed by atoms with van der Waals surface area (Å²) in [5, 5.41) is 2.87. The lowest BCUT2D eigenvalue weighted by Gasteiger charge is -2.19. The van der Waals surface area contributed by atoms with Crippen molar-refractivity contribution in [2.45, 2.75) is 13.8 Å². The van der Waals surface area contributed by atoms with Crippen LogP contribution in [0.1, 0.15) is 13.8 Å². The Hall–Kier alpha value is -0.780. The van der Waals surface area contributed by atoms with E-state index in [1.807, 2.05) is 38.1 Å². The highest BCUT2D eigenvalue weighted by Crippen LogP contribution is 2.12. The zero-order chi connectivity index (χ0) is 11.3. The normalized spacial score (nSPS) is 9.80. The molecule has 0 aliphatic carbocycles. The molecule has 1 aromatic carbocycles. The van der Waals surface area contributed by atoms with E-state index in [4.69, 9.17) is 0 Å². The van der Waals surface area contributed by atoms with E-state index in [0.717, 1.165) is 22.3 Å². The summed E-state index contributed by atoms with van der Waals surface area (Å²) in [5.41, 5.74) is 0.846. The fourth-order valence-electron chi connectivity index (χ4n) is 1.28. The lowest BCUT2D eigenvalue weighted by atomic mass is 10.3. The minimum absolute atomic E-state index is 0.0398. The van der Waals surface area contributed by atoms with E-state index >= 15 is 0 Å². The molecule has 0 fully saturated rings. The standard InChI is InChI=1S/C11H15IN2O/c1-3-14(4-2)11(15)13-10-7-5-6-9(12)8-10/h5-8H,3-4H2,1-2H3,(H,13,15). The van der Waals surface area contributed by atoms with Crippen molar-refractivity contribution >= 4 is 34.3 Å². The minimum atomic E-state index is -0.0398. The molecule has 0 aliphatic rings. The number of hydrogen-bond acceptors (Lipinski definition) is 1. The van der Waals surface area contributed by atoms with Crippen LogP contribution in [0.4, 0.5) is 10.5 Å². The van der Waals surface area contributed by atoms with E-state index in [1.54, 1.807) is 4.90 Å². The van der Waals surface area contributed by atoms with Crippen molar-refractivity contribution in [3.63, 3.8) is 0 Å². The molecule has 0 saturated heterocycles. The van der Waals surface area contributed by atoms with Crippen LogP contribution in [0.3, 0.4) is 0 Å². The predicted molar refractivity (Wildman–Crippen MR) is 71.1 cm³/mol. The van der Waals surface area contributed by atoms with Crippen molar-refractivity contribution in [1.82, 2.24) is 4.90 Å². The highest BCUT2D eigenvalue weighted by atomic mass is 127. The van der Waals surface area contributed by atoms with Crippen molar-refractivity contribution in [1.29, 1.82) is 0 Å². The van der Waals surface area contributed by atoms with Gasteiger partial charge in [0.1, 0.15) is 0 Å². The Morgan fingerprint density at radius 1 is 1.40 bits per heavy atom. The number of carbonyl (C=O) groups is 1. The van der Waals surface area contributed by atoms with Crippen molar-refractivity contribution < 1.29 is 4.79 Å². The summed E-state index contributed by atoms with van der Waals surface area (Å²) < 4.78 is 1.12. The summed E-state index contributed by atoms with van der Waals surface area (Å²) in [6.07, 6.45) is 0. The minimum Gasteiger partial charge on any atom is -0.325 e. The number of benzene rings is 1. The van der Waals surface area contributed by atoms with E-state index < -0.39 is 0 Å². The van der Waals surface area contributed by atoms with Crippen molar-refractivity contribution in [2.24, 2.45) is 0 Å². The van der Waals surface area contributed by atoms with Gasteiger partial charge in [-0.1, -0.05) is 6.07 Å². The quantitative estimate of drug-likeness (QED) is 0.853. The van der Waals surface area contributed by atoms with Gasteiger partial charge in [0.2, 0.25) is 0 Å². The van der Waals surface area contributed by atoms with Crippen molar-refractivity contribution in [3.05, 3.63) is 27.8 Å². The van der Waals surface area contributed by atoms with Crippen LogP contribution in [-0.2, 0) is 0 Å². The third kappa shape index (κ3) is 3.70. The molecule has 0 aliphatic heterocycles. The van der Waals surface area contributed by atoms with E-state index in [0.29, 0.717) is 0 Å². The summed E-state index contributed by atoms with van der Waals surface area (Å²) in [4.78, 5) is 13.4. The second-order valence-electron chi connectivity index (χ2n) is 3.11. The van der Waals surface area contributed by atoms with Crippen molar-refractivity contribution in [3.8, 4) is 0 Å². The molecule has 82 valence electrons. The molecular formula is C11H15IN2O. The van der Waals surface area contributed by atoms with Gasteiger partial charge in [0, 0.05) is 22.3 Å². The number of anilines is 1. The van der Waals surface area contributed by atoms with Crippen LogP contribution >= 0.6 is 22.6 Å². The van der Waals surface area contributed by atoms with Gasteiger partial charge in [0.05, 0.1) is 0 Å². The predicted octanol–water partition coefficient (Wildman–Crippen LogP) is 3.16. The number of urea groups is 1. The summed E-state index contributed by atoms with van der Waals surface area (Å²) in [6, 6.07) is 7.72. The Kier molecular flexibility index (Phi) is 4.87. The molecular weight excluding hydrogens is 303 g/mol. The average molecular weight is 318 g/mol. The van der Waals surface area contributed by atoms with Crippen LogP contribution in [0.5, 0.6) is 0 Å². The van der Waals surface area contributed by atoms with Gasteiger partial charge in [0.15, 0.2) is 0 Å². The molecule has 0 aromatic heterocycles.